The lowest BCUT2D eigenvalue weighted by molar-refractivity contribution is 0.661. The van der Waals surface area contributed by atoms with Gasteiger partial charge >= 0.3 is 0 Å². The summed E-state index contributed by atoms with van der Waals surface area (Å²) in [6.07, 6.45) is 0. The minimum Gasteiger partial charge on any atom is -0.0843 e. The lowest BCUT2D eigenvalue weighted by Crippen LogP contribution is -2.15. The third-order valence-electron chi connectivity index (χ3n) is 5.71. The van der Waals surface area contributed by atoms with Crippen molar-refractivity contribution in [1.82, 2.24) is 0 Å². The van der Waals surface area contributed by atoms with Crippen LogP contribution in [0.25, 0.3) is 33.0 Å². The topological polar surface area (TPSA) is 0 Å². The second-order valence-corrected chi connectivity index (χ2v) is 8.01. The van der Waals surface area contributed by atoms with Gasteiger partial charge in [0.2, 0.25) is 0 Å². The molecule has 0 aromatic heterocycles. The first-order chi connectivity index (χ1) is 12.6. The Labute approximate surface area is 159 Å². The zero-order valence-corrected chi connectivity index (χ0v) is 15.6. The molecule has 1 heteroatoms. The average molecular weight is 355 g/mol. The average Bonchev–Trinajstić information content (AvgIpc) is 2.88. The van der Waals surface area contributed by atoms with E-state index in [-0.39, 0.29) is 5.41 Å². The van der Waals surface area contributed by atoms with Gasteiger partial charge in [0.1, 0.15) is 0 Å². The molecule has 0 nitrogen and oxygen atoms in total. The minimum atomic E-state index is -0.0663. The maximum Gasteiger partial charge on any atom is 0.0409 e. The molecular weight excluding hydrogens is 336 g/mol. The van der Waals surface area contributed by atoms with Crippen LogP contribution in [0.15, 0.2) is 78.9 Å². The summed E-state index contributed by atoms with van der Waals surface area (Å²) in [5.74, 6) is 0. The van der Waals surface area contributed by atoms with Crippen LogP contribution in [0, 0.1) is 0 Å². The molecule has 0 bridgehead atoms. The van der Waals surface area contributed by atoms with E-state index >= 15 is 0 Å². The summed E-state index contributed by atoms with van der Waals surface area (Å²) in [5, 5.41) is 3.39. The number of halogens is 1. The highest BCUT2D eigenvalue weighted by Gasteiger charge is 2.37. The van der Waals surface area contributed by atoms with Crippen LogP contribution in [0.2, 0.25) is 5.02 Å². The van der Waals surface area contributed by atoms with Crippen LogP contribution in [0.4, 0.5) is 0 Å². The predicted octanol–water partition coefficient (Wildman–Crippen LogP) is 7.47. The molecule has 0 atom stereocenters. The van der Waals surface area contributed by atoms with E-state index in [2.05, 4.69) is 86.6 Å². The van der Waals surface area contributed by atoms with Gasteiger partial charge in [0.15, 0.2) is 0 Å². The Hall–Kier alpha value is -2.57. The molecule has 0 aliphatic heterocycles. The second kappa shape index (κ2) is 5.46. The van der Waals surface area contributed by atoms with E-state index < -0.39 is 0 Å². The largest absolute Gasteiger partial charge is 0.0843 e. The molecular formula is C25H19Cl. The normalized spacial score (nSPS) is 14.3. The van der Waals surface area contributed by atoms with Crippen molar-refractivity contribution in [2.24, 2.45) is 0 Å². The first-order valence-electron chi connectivity index (χ1n) is 8.99. The molecule has 0 spiro atoms. The first-order valence-corrected chi connectivity index (χ1v) is 9.37. The van der Waals surface area contributed by atoms with E-state index in [0.717, 1.165) is 5.02 Å². The molecule has 0 fully saturated rings. The van der Waals surface area contributed by atoms with Crippen molar-refractivity contribution in [2.75, 3.05) is 0 Å². The molecule has 1 aliphatic carbocycles. The summed E-state index contributed by atoms with van der Waals surface area (Å²) in [5.41, 5.74) is 7.88. The highest BCUT2D eigenvalue weighted by atomic mass is 35.5. The van der Waals surface area contributed by atoms with Gasteiger partial charge in [0, 0.05) is 10.4 Å². The highest BCUT2D eigenvalue weighted by molar-refractivity contribution is 6.30. The Morgan fingerprint density at radius 1 is 0.692 bits per heavy atom. The van der Waals surface area contributed by atoms with Gasteiger partial charge in [-0.1, -0.05) is 86.1 Å². The van der Waals surface area contributed by atoms with Gasteiger partial charge in [-0.25, -0.2) is 0 Å². The van der Waals surface area contributed by atoms with Gasteiger partial charge in [-0.15, -0.1) is 0 Å². The maximum atomic E-state index is 6.36. The van der Waals surface area contributed by atoms with Crippen molar-refractivity contribution in [3.05, 3.63) is 95.0 Å². The van der Waals surface area contributed by atoms with Crippen LogP contribution >= 0.6 is 11.6 Å². The van der Waals surface area contributed by atoms with Crippen molar-refractivity contribution in [3.8, 4) is 22.3 Å². The van der Waals surface area contributed by atoms with Gasteiger partial charge in [-0.05, 0) is 62.4 Å². The van der Waals surface area contributed by atoms with Crippen molar-refractivity contribution < 1.29 is 0 Å². The summed E-state index contributed by atoms with van der Waals surface area (Å²) in [7, 11) is 0. The van der Waals surface area contributed by atoms with Crippen molar-refractivity contribution >= 4 is 22.4 Å². The Kier molecular flexibility index (Phi) is 3.29. The zero-order valence-electron chi connectivity index (χ0n) is 14.9. The molecule has 0 heterocycles. The number of benzene rings is 4. The Morgan fingerprint density at radius 2 is 1.42 bits per heavy atom. The molecule has 0 unspecified atom stereocenters. The van der Waals surface area contributed by atoms with Crippen LogP contribution in [-0.4, -0.2) is 0 Å². The van der Waals surface area contributed by atoms with Crippen LogP contribution in [-0.2, 0) is 5.41 Å². The molecule has 0 radical (unpaired) electrons. The van der Waals surface area contributed by atoms with E-state index in [1.54, 1.807) is 0 Å². The summed E-state index contributed by atoms with van der Waals surface area (Å²) in [6.45, 7) is 4.61. The molecule has 0 amide bonds. The quantitative estimate of drug-likeness (QED) is 0.332. The molecule has 4 aromatic carbocycles. The molecule has 26 heavy (non-hydrogen) atoms. The highest BCUT2D eigenvalue weighted by Crippen LogP contribution is 2.54. The standard InChI is InChI=1S/C25H19Cl/c1-25(2)21-15-18(26)12-13-20(21)24-22(25)14-17-10-6-7-11-19(17)23(24)16-8-4-3-5-9-16/h3-15H,1-2H3. The molecule has 0 saturated carbocycles. The van der Waals surface area contributed by atoms with Crippen LogP contribution in [0.1, 0.15) is 25.0 Å². The Morgan fingerprint density at radius 3 is 2.23 bits per heavy atom. The van der Waals surface area contributed by atoms with Crippen LogP contribution in [0.5, 0.6) is 0 Å². The fourth-order valence-electron chi connectivity index (χ4n) is 4.42. The lowest BCUT2D eigenvalue weighted by Gasteiger charge is -2.23. The fourth-order valence-corrected chi connectivity index (χ4v) is 4.59. The number of rotatable bonds is 1. The third-order valence-corrected chi connectivity index (χ3v) is 5.94. The minimum absolute atomic E-state index is 0.0663. The zero-order chi connectivity index (χ0) is 17.9. The number of fused-ring (bicyclic) bond motifs is 4. The monoisotopic (exact) mass is 354 g/mol. The van der Waals surface area contributed by atoms with Gasteiger partial charge in [0.05, 0.1) is 0 Å². The van der Waals surface area contributed by atoms with Crippen molar-refractivity contribution in [3.63, 3.8) is 0 Å². The fraction of sp³-hybridized carbons (Fsp3) is 0.120. The lowest BCUT2D eigenvalue weighted by atomic mass is 9.80. The number of hydrogen-bond donors (Lipinski definition) is 0. The molecule has 5 rings (SSSR count). The van der Waals surface area contributed by atoms with Gasteiger partial charge in [-0.2, -0.15) is 0 Å². The van der Waals surface area contributed by atoms with Crippen molar-refractivity contribution in [1.29, 1.82) is 0 Å². The molecule has 0 N–H and O–H groups in total. The summed E-state index contributed by atoms with van der Waals surface area (Å²) < 4.78 is 0. The molecule has 4 aromatic rings. The Balaban J connectivity index is 2.00. The first kappa shape index (κ1) is 15.7. The summed E-state index contributed by atoms with van der Waals surface area (Å²) in [6, 6.07) is 28.1. The van der Waals surface area contributed by atoms with Gasteiger partial charge < -0.3 is 0 Å². The maximum absolute atomic E-state index is 6.36. The summed E-state index contributed by atoms with van der Waals surface area (Å²) in [4.78, 5) is 0. The molecule has 126 valence electrons. The predicted molar refractivity (Wildman–Crippen MR) is 112 cm³/mol. The van der Waals surface area contributed by atoms with E-state index in [4.69, 9.17) is 11.6 Å². The third kappa shape index (κ3) is 2.09. The summed E-state index contributed by atoms with van der Waals surface area (Å²) >= 11 is 6.36. The van der Waals surface area contributed by atoms with Gasteiger partial charge in [0.25, 0.3) is 0 Å². The van der Waals surface area contributed by atoms with E-state index in [1.165, 1.54) is 44.2 Å². The van der Waals surface area contributed by atoms with E-state index in [1.807, 2.05) is 6.07 Å². The smallest absolute Gasteiger partial charge is 0.0409 e. The van der Waals surface area contributed by atoms with E-state index in [0.29, 0.717) is 0 Å². The SMILES string of the molecule is CC1(C)c2cc(Cl)ccc2-c2c1cc1ccccc1c2-c1ccccc1. The van der Waals surface area contributed by atoms with E-state index in [9.17, 15) is 0 Å². The number of hydrogen-bond acceptors (Lipinski definition) is 0. The van der Waals surface area contributed by atoms with Crippen LogP contribution < -0.4 is 0 Å². The van der Waals surface area contributed by atoms with Gasteiger partial charge in [-0.3, -0.25) is 0 Å². The molecule has 1 aliphatic rings. The second-order valence-electron chi connectivity index (χ2n) is 7.58. The van der Waals surface area contributed by atoms with Crippen LogP contribution in [0.3, 0.4) is 0 Å². The Bertz CT molecular complexity index is 1150. The van der Waals surface area contributed by atoms with Crippen molar-refractivity contribution in [2.45, 2.75) is 19.3 Å². The molecule has 0 saturated heterocycles.